The van der Waals surface area contributed by atoms with Gasteiger partial charge in [0, 0.05) is 25.4 Å². The van der Waals surface area contributed by atoms with Crippen LogP contribution < -0.4 is 4.74 Å². The Balaban J connectivity index is 1.57. The van der Waals surface area contributed by atoms with Crippen LogP contribution in [0.5, 0.6) is 5.95 Å². The highest BCUT2D eigenvalue weighted by Crippen LogP contribution is 2.30. The van der Waals surface area contributed by atoms with Gasteiger partial charge in [-0.15, -0.1) is 0 Å². The van der Waals surface area contributed by atoms with Crippen LogP contribution in [0.25, 0.3) is 0 Å². The van der Waals surface area contributed by atoms with Crippen molar-refractivity contribution in [3.05, 3.63) is 48.0 Å². The summed E-state index contributed by atoms with van der Waals surface area (Å²) >= 11 is 0. The lowest BCUT2D eigenvalue weighted by Crippen LogP contribution is -2.39. The number of rotatable bonds is 5. The monoisotopic (exact) mass is 330 g/mol. The van der Waals surface area contributed by atoms with Crippen molar-refractivity contribution in [1.29, 1.82) is 0 Å². The fraction of sp³-hybridized carbons (Fsp3) is 0.444. The largest absolute Gasteiger partial charge is 0.465 e. The summed E-state index contributed by atoms with van der Waals surface area (Å²) in [5.41, 5.74) is 0.690. The quantitative estimate of drug-likeness (QED) is 0.912. The van der Waals surface area contributed by atoms with Crippen LogP contribution in [0.3, 0.4) is 0 Å². The number of likely N-dealkylation sites (tertiary alicyclic amines) is 1. The van der Waals surface area contributed by atoms with Crippen LogP contribution in [-0.2, 0) is 0 Å². The number of ether oxygens (including phenoxy) is 1. The second-order valence-corrected chi connectivity index (χ2v) is 5.88. The summed E-state index contributed by atoms with van der Waals surface area (Å²) in [5, 5.41) is 10.4. The maximum absolute atomic E-state index is 12.5. The van der Waals surface area contributed by atoms with Crippen LogP contribution in [0, 0.1) is 5.92 Å². The Morgan fingerprint density at radius 2 is 2.17 bits per heavy atom. The lowest BCUT2D eigenvalue weighted by molar-refractivity contribution is 0.0425. The summed E-state index contributed by atoms with van der Waals surface area (Å²) in [4.78, 5) is 18.4. The molecule has 1 unspecified atom stereocenters. The zero-order valence-electron chi connectivity index (χ0n) is 13.7. The van der Waals surface area contributed by atoms with Crippen LogP contribution in [0.4, 0.5) is 0 Å². The third-order valence-corrected chi connectivity index (χ3v) is 4.34. The summed E-state index contributed by atoms with van der Waals surface area (Å²) in [6, 6.07) is 8.84. The van der Waals surface area contributed by atoms with E-state index in [1.54, 1.807) is 23.2 Å². The number of hydrogen-bond donors (Lipinski definition) is 1. The number of nitrogens with zero attached hydrogens (tertiary/aromatic N) is 2. The molecular weight excluding hydrogens is 308 g/mol. The van der Waals surface area contributed by atoms with Gasteiger partial charge in [0.2, 0.25) is 0 Å². The lowest BCUT2D eigenvalue weighted by atomic mass is 9.89. The molecule has 24 heavy (non-hydrogen) atoms. The van der Waals surface area contributed by atoms with Crippen molar-refractivity contribution in [1.82, 2.24) is 9.88 Å². The summed E-state index contributed by atoms with van der Waals surface area (Å²) in [5.74, 6) is 0.634. The molecule has 3 rings (SSSR count). The van der Waals surface area contributed by atoms with E-state index in [2.05, 4.69) is 4.98 Å². The smallest absolute Gasteiger partial charge is 0.289 e. The Bertz CT molecular complexity index is 663. The maximum Gasteiger partial charge on any atom is 0.289 e. The molecule has 6 nitrogen and oxygen atoms in total. The number of furan rings is 1. The minimum atomic E-state index is -0.586. The average Bonchev–Trinajstić information content (AvgIpc) is 3.10. The predicted octanol–water partition coefficient (Wildman–Crippen LogP) is 2.66. The zero-order valence-corrected chi connectivity index (χ0v) is 13.7. The highest BCUT2D eigenvalue weighted by atomic mass is 16.6. The fourth-order valence-corrected chi connectivity index (χ4v) is 3.02. The van der Waals surface area contributed by atoms with E-state index in [1.165, 1.54) is 0 Å². The first-order chi connectivity index (χ1) is 11.7. The summed E-state index contributed by atoms with van der Waals surface area (Å²) in [7, 11) is 0. The van der Waals surface area contributed by atoms with Crippen molar-refractivity contribution < 1.29 is 19.1 Å². The molecule has 2 aromatic heterocycles. The van der Waals surface area contributed by atoms with E-state index in [1.807, 2.05) is 25.1 Å². The maximum atomic E-state index is 12.5. The topological polar surface area (TPSA) is 75.8 Å². The normalized spacial score (nSPS) is 16.8. The zero-order chi connectivity index (χ0) is 16.9. The highest BCUT2D eigenvalue weighted by molar-refractivity contribution is 5.91. The minimum absolute atomic E-state index is 0.111. The summed E-state index contributed by atoms with van der Waals surface area (Å²) < 4.78 is 10.7. The number of aromatic nitrogens is 1. The third kappa shape index (κ3) is 3.59. The van der Waals surface area contributed by atoms with Crippen molar-refractivity contribution in [2.45, 2.75) is 25.9 Å². The molecule has 1 aliphatic rings. The molecule has 128 valence electrons. The van der Waals surface area contributed by atoms with Crippen molar-refractivity contribution in [2.24, 2.45) is 5.92 Å². The number of aliphatic hydroxyl groups excluding tert-OH is 1. The van der Waals surface area contributed by atoms with E-state index in [0.717, 1.165) is 12.8 Å². The number of aliphatic hydroxyl groups is 1. The number of carbonyl (C=O) groups excluding carboxylic acids is 1. The van der Waals surface area contributed by atoms with E-state index in [9.17, 15) is 9.90 Å². The Hall–Kier alpha value is -2.34. The fourth-order valence-electron chi connectivity index (χ4n) is 3.02. The van der Waals surface area contributed by atoms with Crippen molar-refractivity contribution in [2.75, 3.05) is 19.7 Å². The summed E-state index contributed by atoms with van der Waals surface area (Å²) in [6.07, 6.45) is 2.58. The molecule has 0 spiro atoms. The Labute approximate surface area is 141 Å². The molecular formula is C18H22N2O4. The van der Waals surface area contributed by atoms with Gasteiger partial charge in [0.15, 0.2) is 5.76 Å². The second-order valence-electron chi connectivity index (χ2n) is 5.88. The lowest BCUT2D eigenvalue weighted by Gasteiger charge is -2.33. The standard InChI is InChI=1S/C18H22N2O4/c1-2-23-16-7-6-15(24-16)18(22)20-11-8-13(9-12-20)17(21)14-5-3-4-10-19-14/h3-7,10,13,17,21H,2,8-9,11-12H2,1H3. The van der Waals surface area contributed by atoms with E-state index in [4.69, 9.17) is 9.15 Å². The van der Waals surface area contributed by atoms with Crippen LogP contribution in [0.15, 0.2) is 40.9 Å². The molecule has 0 radical (unpaired) electrons. The first kappa shape index (κ1) is 16.5. The third-order valence-electron chi connectivity index (χ3n) is 4.34. The van der Waals surface area contributed by atoms with E-state index < -0.39 is 6.10 Å². The number of carbonyl (C=O) groups is 1. The molecule has 1 atom stereocenters. The van der Waals surface area contributed by atoms with Gasteiger partial charge in [-0.25, -0.2) is 0 Å². The molecule has 1 fully saturated rings. The first-order valence-electron chi connectivity index (χ1n) is 8.30. The van der Waals surface area contributed by atoms with Gasteiger partial charge in [-0.1, -0.05) is 6.07 Å². The van der Waals surface area contributed by atoms with Gasteiger partial charge in [-0.3, -0.25) is 9.78 Å². The first-order valence-corrected chi connectivity index (χ1v) is 8.30. The van der Waals surface area contributed by atoms with Gasteiger partial charge >= 0.3 is 0 Å². The van der Waals surface area contributed by atoms with E-state index in [0.29, 0.717) is 37.1 Å². The molecule has 6 heteroatoms. The van der Waals surface area contributed by atoms with Gasteiger partial charge in [-0.2, -0.15) is 0 Å². The van der Waals surface area contributed by atoms with Crippen LogP contribution in [-0.4, -0.2) is 40.6 Å². The Morgan fingerprint density at radius 3 is 2.83 bits per heavy atom. The molecule has 1 saturated heterocycles. The molecule has 0 saturated carbocycles. The molecule has 3 heterocycles. The molecule has 2 aromatic rings. The minimum Gasteiger partial charge on any atom is -0.465 e. The summed E-state index contributed by atoms with van der Waals surface area (Å²) in [6.45, 7) is 3.55. The SMILES string of the molecule is CCOc1ccc(C(=O)N2CCC(C(O)c3ccccn3)CC2)o1. The number of pyridine rings is 1. The van der Waals surface area contributed by atoms with Gasteiger partial charge in [0.05, 0.1) is 18.4 Å². The molecule has 1 amide bonds. The molecule has 0 bridgehead atoms. The van der Waals surface area contributed by atoms with E-state index >= 15 is 0 Å². The molecule has 0 aliphatic carbocycles. The Morgan fingerprint density at radius 1 is 1.38 bits per heavy atom. The van der Waals surface area contributed by atoms with E-state index in [-0.39, 0.29) is 11.8 Å². The van der Waals surface area contributed by atoms with Crippen LogP contribution in [0.2, 0.25) is 0 Å². The molecule has 1 aliphatic heterocycles. The van der Waals surface area contributed by atoms with Gasteiger partial charge in [0.1, 0.15) is 0 Å². The van der Waals surface area contributed by atoms with Gasteiger partial charge in [-0.05, 0) is 43.9 Å². The number of piperidine rings is 1. The number of amides is 1. The van der Waals surface area contributed by atoms with Gasteiger partial charge < -0.3 is 19.2 Å². The molecule has 0 aromatic carbocycles. The highest BCUT2D eigenvalue weighted by Gasteiger charge is 2.30. The molecule has 1 N–H and O–H groups in total. The van der Waals surface area contributed by atoms with Crippen molar-refractivity contribution >= 4 is 5.91 Å². The van der Waals surface area contributed by atoms with Gasteiger partial charge in [0.25, 0.3) is 11.9 Å². The van der Waals surface area contributed by atoms with Crippen LogP contribution in [0.1, 0.15) is 42.1 Å². The second kappa shape index (κ2) is 7.49. The predicted molar refractivity (Wildman–Crippen MR) is 87.7 cm³/mol. The van der Waals surface area contributed by atoms with Crippen molar-refractivity contribution in [3.8, 4) is 5.95 Å². The van der Waals surface area contributed by atoms with Crippen LogP contribution >= 0.6 is 0 Å². The van der Waals surface area contributed by atoms with Crippen molar-refractivity contribution in [3.63, 3.8) is 0 Å². The Kier molecular flexibility index (Phi) is 5.15. The average molecular weight is 330 g/mol. The number of hydrogen-bond acceptors (Lipinski definition) is 5.